The number of aryl methyl sites for hydroxylation is 2. The summed E-state index contributed by atoms with van der Waals surface area (Å²) in [4.78, 5) is 38.2. The van der Waals surface area contributed by atoms with Crippen LogP contribution in [0.5, 0.6) is 0 Å². The average Bonchev–Trinajstić information content (AvgIpc) is 2.85. The van der Waals surface area contributed by atoms with Crippen LogP contribution in [-0.2, 0) is 14.3 Å². The Morgan fingerprint density at radius 2 is 1.64 bits per heavy atom. The van der Waals surface area contributed by atoms with E-state index in [-0.39, 0.29) is 17.3 Å². The molecule has 1 aliphatic rings. The highest BCUT2D eigenvalue weighted by atomic mass is 35.5. The summed E-state index contributed by atoms with van der Waals surface area (Å²) in [6.45, 7) is 5.79. The molecule has 0 atom stereocenters. The minimum Gasteiger partial charge on any atom is -0.462 e. The summed E-state index contributed by atoms with van der Waals surface area (Å²) >= 11 is 6.15. The van der Waals surface area contributed by atoms with Crippen molar-refractivity contribution >= 4 is 40.8 Å². The molecule has 0 saturated carbocycles. The molecule has 2 aromatic rings. The minimum absolute atomic E-state index is 0.00490. The van der Waals surface area contributed by atoms with E-state index in [1.54, 1.807) is 43.3 Å². The number of ether oxygens (including phenoxy) is 1. The fourth-order valence-electron chi connectivity index (χ4n) is 2.97. The Kier molecular flexibility index (Phi) is 5.51. The molecule has 0 spiro atoms. The smallest absolute Gasteiger partial charge is 0.338 e. The molecule has 7 heteroatoms. The van der Waals surface area contributed by atoms with E-state index in [0.717, 1.165) is 16.0 Å². The van der Waals surface area contributed by atoms with Gasteiger partial charge in [0, 0.05) is 5.69 Å². The molecule has 1 aliphatic heterocycles. The maximum Gasteiger partial charge on any atom is 0.338 e. The van der Waals surface area contributed by atoms with Crippen molar-refractivity contribution < 1.29 is 19.1 Å². The van der Waals surface area contributed by atoms with E-state index in [4.69, 9.17) is 16.3 Å². The zero-order chi connectivity index (χ0) is 20.4. The van der Waals surface area contributed by atoms with Crippen LogP contribution in [-0.4, -0.2) is 24.4 Å². The van der Waals surface area contributed by atoms with Crippen molar-refractivity contribution in [3.63, 3.8) is 0 Å². The van der Waals surface area contributed by atoms with Gasteiger partial charge in [0.15, 0.2) is 0 Å². The Morgan fingerprint density at radius 1 is 1.04 bits per heavy atom. The fraction of sp³-hybridized carbons (Fsp3) is 0.190. The first-order valence-corrected chi connectivity index (χ1v) is 9.10. The van der Waals surface area contributed by atoms with Gasteiger partial charge in [-0.15, -0.1) is 0 Å². The van der Waals surface area contributed by atoms with Crippen molar-refractivity contribution in [3.8, 4) is 0 Å². The lowest BCUT2D eigenvalue weighted by Gasteiger charge is -2.16. The van der Waals surface area contributed by atoms with Crippen molar-refractivity contribution in [2.45, 2.75) is 20.8 Å². The van der Waals surface area contributed by atoms with Crippen molar-refractivity contribution in [2.24, 2.45) is 0 Å². The highest BCUT2D eigenvalue weighted by molar-refractivity contribution is 6.53. The van der Waals surface area contributed by atoms with Gasteiger partial charge >= 0.3 is 5.97 Å². The van der Waals surface area contributed by atoms with Crippen LogP contribution in [0.3, 0.4) is 0 Å². The zero-order valence-electron chi connectivity index (χ0n) is 15.7. The first-order chi connectivity index (χ1) is 13.3. The third-order valence-corrected chi connectivity index (χ3v) is 4.51. The molecule has 1 heterocycles. The van der Waals surface area contributed by atoms with Crippen LogP contribution in [0.2, 0.25) is 0 Å². The normalized spacial score (nSPS) is 13.9. The summed E-state index contributed by atoms with van der Waals surface area (Å²) in [5.41, 5.74) is 3.24. The number of nitrogens with zero attached hydrogens (tertiary/aromatic N) is 1. The lowest BCUT2D eigenvalue weighted by atomic mass is 10.1. The predicted molar refractivity (Wildman–Crippen MR) is 107 cm³/mol. The highest BCUT2D eigenvalue weighted by Crippen LogP contribution is 2.31. The quantitative estimate of drug-likeness (QED) is 0.610. The molecule has 144 valence electrons. The number of benzene rings is 2. The Hall–Kier alpha value is -3.12. The Bertz CT molecular complexity index is 976. The molecular formula is C21H19ClN2O4. The standard InChI is InChI=1S/C21H19ClN2O4/c1-4-28-21(27)14-5-7-15(8-6-14)23-18-17(22)19(25)24(20(18)26)16-10-12(2)9-13(3)11-16/h5-11,23H,4H2,1-3H3. The van der Waals surface area contributed by atoms with Crippen LogP contribution in [0.1, 0.15) is 28.4 Å². The zero-order valence-corrected chi connectivity index (χ0v) is 16.5. The summed E-state index contributed by atoms with van der Waals surface area (Å²) < 4.78 is 4.94. The number of hydrogen-bond acceptors (Lipinski definition) is 5. The monoisotopic (exact) mass is 398 g/mol. The molecule has 28 heavy (non-hydrogen) atoms. The van der Waals surface area contributed by atoms with Gasteiger partial charge in [-0.2, -0.15) is 0 Å². The number of anilines is 2. The number of carbonyl (C=O) groups excluding carboxylic acids is 3. The highest BCUT2D eigenvalue weighted by Gasteiger charge is 2.39. The molecule has 2 aromatic carbocycles. The van der Waals surface area contributed by atoms with Crippen molar-refractivity contribution in [1.82, 2.24) is 0 Å². The lowest BCUT2D eigenvalue weighted by Crippen LogP contribution is -2.32. The van der Waals surface area contributed by atoms with Crippen LogP contribution < -0.4 is 10.2 Å². The molecule has 0 aromatic heterocycles. The summed E-state index contributed by atoms with van der Waals surface area (Å²) in [6, 6.07) is 11.8. The number of imide groups is 1. The van der Waals surface area contributed by atoms with Gasteiger partial charge in [0.05, 0.1) is 17.9 Å². The maximum atomic E-state index is 12.8. The largest absolute Gasteiger partial charge is 0.462 e. The summed E-state index contributed by atoms with van der Waals surface area (Å²) in [5.74, 6) is -1.55. The second-order valence-electron chi connectivity index (χ2n) is 6.40. The van der Waals surface area contributed by atoms with Gasteiger partial charge in [0.1, 0.15) is 10.7 Å². The molecule has 0 unspecified atom stereocenters. The van der Waals surface area contributed by atoms with Crippen LogP contribution in [0.4, 0.5) is 11.4 Å². The van der Waals surface area contributed by atoms with E-state index >= 15 is 0 Å². The SMILES string of the molecule is CCOC(=O)c1ccc(NC2=C(Cl)C(=O)N(c3cc(C)cc(C)c3)C2=O)cc1. The number of rotatable bonds is 5. The second-order valence-corrected chi connectivity index (χ2v) is 6.78. The summed E-state index contributed by atoms with van der Waals surface area (Å²) in [5, 5.41) is 2.70. The van der Waals surface area contributed by atoms with Crippen molar-refractivity contribution in [3.05, 3.63) is 69.9 Å². The van der Waals surface area contributed by atoms with Gasteiger partial charge in [-0.1, -0.05) is 17.7 Å². The van der Waals surface area contributed by atoms with Crippen LogP contribution in [0, 0.1) is 13.8 Å². The third-order valence-electron chi connectivity index (χ3n) is 4.16. The van der Waals surface area contributed by atoms with Gasteiger partial charge in [0.25, 0.3) is 11.8 Å². The average molecular weight is 399 g/mol. The third kappa shape index (κ3) is 3.77. The first kappa shape index (κ1) is 19.6. The number of hydrogen-bond donors (Lipinski definition) is 1. The molecule has 0 radical (unpaired) electrons. The molecular weight excluding hydrogens is 380 g/mol. The van der Waals surface area contributed by atoms with Gasteiger partial charge in [0.2, 0.25) is 0 Å². The number of nitrogens with one attached hydrogen (secondary N) is 1. The first-order valence-electron chi connectivity index (χ1n) is 8.73. The molecule has 3 rings (SSSR count). The van der Waals surface area contributed by atoms with E-state index < -0.39 is 17.8 Å². The van der Waals surface area contributed by atoms with Crippen LogP contribution >= 0.6 is 11.6 Å². The summed E-state index contributed by atoms with van der Waals surface area (Å²) in [7, 11) is 0. The Morgan fingerprint density at radius 3 is 2.21 bits per heavy atom. The fourth-order valence-corrected chi connectivity index (χ4v) is 3.19. The van der Waals surface area contributed by atoms with Gasteiger partial charge in [-0.3, -0.25) is 9.59 Å². The molecule has 0 fully saturated rings. The number of halogens is 1. The molecule has 0 aliphatic carbocycles. The number of amides is 2. The molecule has 0 bridgehead atoms. The molecule has 0 saturated heterocycles. The maximum absolute atomic E-state index is 12.8. The van der Waals surface area contributed by atoms with Gasteiger partial charge < -0.3 is 10.1 Å². The van der Waals surface area contributed by atoms with Gasteiger partial charge in [-0.05, 0) is 68.3 Å². The topological polar surface area (TPSA) is 75.7 Å². The van der Waals surface area contributed by atoms with Crippen molar-refractivity contribution in [2.75, 3.05) is 16.8 Å². The van der Waals surface area contributed by atoms with E-state index in [1.165, 1.54) is 0 Å². The second kappa shape index (κ2) is 7.86. The van der Waals surface area contributed by atoms with Crippen molar-refractivity contribution in [1.29, 1.82) is 0 Å². The van der Waals surface area contributed by atoms with E-state index in [9.17, 15) is 14.4 Å². The Labute approximate surface area is 167 Å². The molecule has 6 nitrogen and oxygen atoms in total. The molecule has 2 amide bonds. The van der Waals surface area contributed by atoms with Gasteiger partial charge in [-0.25, -0.2) is 9.69 Å². The lowest BCUT2D eigenvalue weighted by molar-refractivity contribution is -0.120. The summed E-state index contributed by atoms with van der Waals surface area (Å²) in [6.07, 6.45) is 0. The number of carbonyl (C=O) groups is 3. The predicted octanol–water partition coefficient (Wildman–Crippen LogP) is 3.92. The molecule has 1 N–H and O–H groups in total. The van der Waals surface area contributed by atoms with E-state index in [2.05, 4.69) is 5.32 Å². The number of esters is 1. The minimum atomic E-state index is -0.581. The Balaban J connectivity index is 1.84. The van der Waals surface area contributed by atoms with Crippen LogP contribution in [0.25, 0.3) is 0 Å². The van der Waals surface area contributed by atoms with E-state index in [0.29, 0.717) is 16.9 Å². The van der Waals surface area contributed by atoms with E-state index in [1.807, 2.05) is 19.9 Å². The van der Waals surface area contributed by atoms with Crippen LogP contribution in [0.15, 0.2) is 53.2 Å².